The molecule has 0 fully saturated rings. The van der Waals surface area contributed by atoms with E-state index < -0.39 is 0 Å². The summed E-state index contributed by atoms with van der Waals surface area (Å²) < 4.78 is 5.22. The van der Waals surface area contributed by atoms with Crippen LogP contribution in [0.5, 0.6) is 0 Å². The molecule has 0 saturated heterocycles. The third-order valence-corrected chi connectivity index (χ3v) is 2.54. The van der Waals surface area contributed by atoms with Crippen molar-refractivity contribution in [1.29, 1.82) is 0 Å². The molecule has 0 bridgehead atoms. The molecule has 0 radical (unpaired) electrons. The summed E-state index contributed by atoms with van der Waals surface area (Å²) >= 11 is 0. The van der Waals surface area contributed by atoms with E-state index in [-0.39, 0.29) is 24.0 Å². The summed E-state index contributed by atoms with van der Waals surface area (Å²) in [5, 5.41) is 3.05. The van der Waals surface area contributed by atoms with Crippen LogP contribution in [-0.4, -0.2) is 12.5 Å². The fraction of sp³-hybridized carbons (Fsp3) is 0.214. The molecule has 1 heterocycles. The zero-order valence-electron chi connectivity index (χ0n) is 10.8. The average molecular weight is 371 g/mol. The number of nitrogens with one attached hydrogen (secondary N) is 1. The first kappa shape index (κ1) is 15.6. The van der Waals surface area contributed by atoms with Crippen LogP contribution < -0.4 is 11.1 Å². The van der Waals surface area contributed by atoms with Crippen molar-refractivity contribution in [3.63, 3.8) is 0 Å². The second-order valence-electron chi connectivity index (χ2n) is 4.09. The molecule has 2 aromatic rings. The van der Waals surface area contributed by atoms with Gasteiger partial charge < -0.3 is 15.5 Å². The normalized spacial score (nSPS) is 10.9. The molecular formula is C14H18IN3O. The van der Waals surface area contributed by atoms with Gasteiger partial charge in [0.2, 0.25) is 0 Å². The minimum absolute atomic E-state index is 0. The van der Waals surface area contributed by atoms with Gasteiger partial charge in [-0.25, -0.2) is 0 Å². The molecule has 0 aliphatic heterocycles. The van der Waals surface area contributed by atoms with Gasteiger partial charge in [-0.3, -0.25) is 4.99 Å². The minimum Gasteiger partial charge on any atom is -0.469 e. The number of aryl methyl sites for hydroxylation is 1. The predicted octanol–water partition coefficient (Wildman–Crippen LogP) is 3.18. The molecule has 0 aliphatic rings. The lowest BCUT2D eigenvalue weighted by Gasteiger charge is -2.05. The highest BCUT2D eigenvalue weighted by Crippen LogP contribution is 2.08. The molecule has 1 aromatic carbocycles. The van der Waals surface area contributed by atoms with Gasteiger partial charge in [0.25, 0.3) is 0 Å². The van der Waals surface area contributed by atoms with E-state index in [1.54, 1.807) is 6.26 Å². The fourth-order valence-electron chi connectivity index (χ4n) is 1.57. The zero-order chi connectivity index (χ0) is 12.8. The van der Waals surface area contributed by atoms with Gasteiger partial charge in [0.1, 0.15) is 5.76 Å². The number of nitrogens with two attached hydrogens (primary N) is 1. The standard InChI is InChI=1S/C14H17N3O.HI/c1-11-4-6-12(7-5-11)17-14(15)16-9-8-13-3-2-10-18-13;/h2-7,10H,8-9H2,1H3,(H3,15,16,17);1H. The van der Waals surface area contributed by atoms with Crippen LogP contribution in [0, 0.1) is 6.92 Å². The molecule has 0 saturated carbocycles. The Morgan fingerprint density at radius 1 is 1.26 bits per heavy atom. The van der Waals surface area contributed by atoms with Crippen LogP contribution in [0.4, 0.5) is 5.69 Å². The number of guanidine groups is 1. The summed E-state index contributed by atoms with van der Waals surface area (Å²) in [6, 6.07) is 11.8. The monoisotopic (exact) mass is 371 g/mol. The maximum Gasteiger partial charge on any atom is 0.193 e. The average Bonchev–Trinajstić information content (AvgIpc) is 2.85. The van der Waals surface area contributed by atoms with Crippen molar-refractivity contribution in [1.82, 2.24) is 0 Å². The van der Waals surface area contributed by atoms with Gasteiger partial charge in [0, 0.05) is 18.7 Å². The van der Waals surface area contributed by atoms with Gasteiger partial charge in [-0.2, -0.15) is 0 Å². The summed E-state index contributed by atoms with van der Waals surface area (Å²) in [5.74, 6) is 1.34. The number of anilines is 1. The van der Waals surface area contributed by atoms with Gasteiger partial charge in [0.15, 0.2) is 5.96 Å². The number of hydrogen-bond donors (Lipinski definition) is 2. The van der Waals surface area contributed by atoms with Crippen LogP contribution in [0.1, 0.15) is 11.3 Å². The first-order valence-corrected chi connectivity index (χ1v) is 5.90. The quantitative estimate of drug-likeness (QED) is 0.493. The van der Waals surface area contributed by atoms with Gasteiger partial charge in [-0.15, -0.1) is 24.0 Å². The number of benzene rings is 1. The number of hydrogen-bond acceptors (Lipinski definition) is 2. The first-order valence-electron chi connectivity index (χ1n) is 5.90. The lowest BCUT2D eigenvalue weighted by molar-refractivity contribution is 0.511. The second-order valence-corrected chi connectivity index (χ2v) is 4.09. The molecule has 5 heteroatoms. The van der Waals surface area contributed by atoms with Gasteiger partial charge >= 0.3 is 0 Å². The Hall–Kier alpha value is -1.50. The number of aliphatic imine (C=N–C) groups is 1. The van der Waals surface area contributed by atoms with Crippen molar-refractivity contribution in [3.8, 4) is 0 Å². The van der Waals surface area contributed by atoms with Gasteiger partial charge in [-0.05, 0) is 31.2 Å². The van der Waals surface area contributed by atoms with Crippen molar-refractivity contribution in [3.05, 3.63) is 54.0 Å². The third-order valence-electron chi connectivity index (χ3n) is 2.54. The van der Waals surface area contributed by atoms with Crippen LogP contribution in [-0.2, 0) is 6.42 Å². The van der Waals surface area contributed by atoms with Crippen molar-refractivity contribution < 1.29 is 4.42 Å². The summed E-state index contributed by atoms with van der Waals surface area (Å²) in [6.45, 7) is 2.66. The lowest BCUT2D eigenvalue weighted by atomic mass is 10.2. The molecule has 2 rings (SSSR count). The van der Waals surface area contributed by atoms with Gasteiger partial charge in [-0.1, -0.05) is 17.7 Å². The van der Waals surface area contributed by atoms with E-state index in [1.165, 1.54) is 5.56 Å². The predicted molar refractivity (Wildman–Crippen MR) is 89.1 cm³/mol. The maximum atomic E-state index is 5.79. The molecule has 0 amide bonds. The topological polar surface area (TPSA) is 63.5 Å². The smallest absolute Gasteiger partial charge is 0.193 e. The third kappa shape index (κ3) is 5.34. The molecule has 3 N–H and O–H groups in total. The van der Waals surface area contributed by atoms with Crippen molar-refractivity contribution >= 4 is 35.6 Å². The van der Waals surface area contributed by atoms with E-state index in [4.69, 9.17) is 10.2 Å². The van der Waals surface area contributed by atoms with Crippen molar-refractivity contribution in [2.24, 2.45) is 10.7 Å². The number of halogens is 1. The maximum absolute atomic E-state index is 5.79. The van der Waals surface area contributed by atoms with Crippen molar-refractivity contribution in [2.75, 3.05) is 11.9 Å². The Labute approximate surface area is 130 Å². The van der Waals surface area contributed by atoms with Crippen molar-refractivity contribution in [2.45, 2.75) is 13.3 Å². The highest BCUT2D eigenvalue weighted by Gasteiger charge is 1.96. The molecule has 19 heavy (non-hydrogen) atoms. The molecule has 0 spiro atoms. The van der Waals surface area contributed by atoms with Crippen LogP contribution in [0.25, 0.3) is 0 Å². The summed E-state index contributed by atoms with van der Waals surface area (Å²) in [7, 11) is 0. The van der Waals surface area contributed by atoms with E-state index in [2.05, 4.69) is 10.3 Å². The summed E-state index contributed by atoms with van der Waals surface area (Å²) in [5.41, 5.74) is 7.95. The number of furan rings is 1. The second kappa shape index (κ2) is 7.83. The lowest BCUT2D eigenvalue weighted by Crippen LogP contribution is -2.23. The van der Waals surface area contributed by atoms with E-state index in [9.17, 15) is 0 Å². The van der Waals surface area contributed by atoms with E-state index in [0.29, 0.717) is 12.5 Å². The van der Waals surface area contributed by atoms with Crippen LogP contribution in [0.15, 0.2) is 52.1 Å². The number of rotatable bonds is 4. The molecule has 0 aliphatic carbocycles. The highest BCUT2D eigenvalue weighted by molar-refractivity contribution is 14.0. The molecule has 0 unspecified atom stereocenters. The van der Waals surface area contributed by atoms with E-state index in [0.717, 1.165) is 17.9 Å². The summed E-state index contributed by atoms with van der Waals surface area (Å²) in [6.07, 6.45) is 2.41. The van der Waals surface area contributed by atoms with Crippen LogP contribution >= 0.6 is 24.0 Å². The molecule has 102 valence electrons. The Morgan fingerprint density at radius 2 is 2.00 bits per heavy atom. The minimum atomic E-state index is 0. The number of nitrogens with zero attached hydrogens (tertiary/aromatic N) is 1. The Kier molecular flexibility index (Phi) is 6.41. The molecular weight excluding hydrogens is 353 g/mol. The Bertz CT molecular complexity index is 506. The van der Waals surface area contributed by atoms with Gasteiger partial charge in [0.05, 0.1) is 6.26 Å². The summed E-state index contributed by atoms with van der Waals surface area (Å²) in [4.78, 5) is 4.24. The highest BCUT2D eigenvalue weighted by atomic mass is 127. The van der Waals surface area contributed by atoms with Crippen LogP contribution in [0.2, 0.25) is 0 Å². The Balaban J connectivity index is 0.00000180. The molecule has 0 atom stereocenters. The SMILES string of the molecule is Cc1ccc(NC(N)=NCCc2ccco2)cc1.I. The van der Waals surface area contributed by atoms with E-state index in [1.807, 2.05) is 43.3 Å². The van der Waals surface area contributed by atoms with E-state index >= 15 is 0 Å². The Morgan fingerprint density at radius 3 is 2.63 bits per heavy atom. The molecule has 1 aromatic heterocycles. The first-order chi connectivity index (χ1) is 8.74. The zero-order valence-corrected chi connectivity index (χ0v) is 13.1. The van der Waals surface area contributed by atoms with Crippen LogP contribution in [0.3, 0.4) is 0 Å². The largest absolute Gasteiger partial charge is 0.469 e. The fourth-order valence-corrected chi connectivity index (χ4v) is 1.57. The molecule has 4 nitrogen and oxygen atoms in total.